The van der Waals surface area contributed by atoms with Crippen molar-refractivity contribution in [2.45, 2.75) is 37.8 Å². The van der Waals surface area contributed by atoms with E-state index in [-0.39, 0.29) is 6.10 Å². The Morgan fingerprint density at radius 3 is 2.33 bits per heavy atom. The SMILES string of the molecule is CN(C)C1CC/C=C\CCC1O. The van der Waals surface area contributed by atoms with Gasteiger partial charge in [0.05, 0.1) is 6.10 Å². The van der Waals surface area contributed by atoms with Crippen molar-refractivity contribution in [3.8, 4) is 0 Å². The van der Waals surface area contributed by atoms with E-state index in [0.29, 0.717) is 6.04 Å². The van der Waals surface area contributed by atoms with Crippen molar-refractivity contribution in [2.24, 2.45) is 0 Å². The van der Waals surface area contributed by atoms with Gasteiger partial charge in [-0.05, 0) is 39.8 Å². The molecule has 12 heavy (non-hydrogen) atoms. The molecule has 0 aromatic heterocycles. The molecule has 0 heterocycles. The fourth-order valence-corrected chi connectivity index (χ4v) is 1.76. The largest absolute Gasteiger partial charge is 0.391 e. The molecule has 2 atom stereocenters. The zero-order valence-corrected chi connectivity index (χ0v) is 8.03. The predicted octanol–water partition coefficient (Wildman–Crippen LogP) is 1.41. The minimum Gasteiger partial charge on any atom is -0.391 e. The molecular formula is C10H19NO. The lowest BCUT2D eigenvalue weighted by Crippen LogP contribution is -2.39. The highest BCUT2D eigenvalue weighted by Gasteiger charge is 2.20. The van der Waals surface area contributed by atoms with E-state index in [9.17, 15) is 5.11 Å². The van der Waals surface area contributed by atoms with E-state index in [2.05, 4.69) is 17.1 Å². The van der Waals surface area contributed by atoms with Crippen molar-refractivity contribution in [3.63, 3.8) is 0 Å². The smallest absolute Gasteiger partial charge is 0.0698 e. The topological polar surface area (TPSA) is 23.5 Å². The van der Waals surface area contributed by atoms with Crippen molar-refractivity contribution in [1.29, 1.82) is 0 Å². The maximum atomic E-state index is 9.77. The fraction of sp³-hybridized carbons (Fsp3) is 0.800. The maximum absolute atomic E-state index is 9.77. The van der Waals surface area contributed by atoms with Gasteiger partial charge in [-0.1, -0.05) is 12.2 Å². The Balaban J connectivity index is 2.52. The maximum Gasteiger partial charge on any atom is 0.0698 e. The lowest BCUT2D eigenvalue weighted by molar-refractivity contribution is 0.0644. The van der Waals surface area contributed by atoms with Crippen molar-refractivity contribution in [3.05, 3.63) is 12.2 Å². The molecule has 2 unspecified atom stereocenters. The summed E-state index contributed by atoms with van der Waals surface area (Å²) in [7, 11) is 4.08. The Hall–Kier alpha value is -0.340. The average Bonchev–Trinajstić information content (AvgIpc) is 1.96. The van der Waals surface area contributed by atoms with Gasteiger partial charge in [0.25, 0.3) is 0 Å². The summed E-state index contributed by atoms with van der Waals surface area (Å²) in [5, 5.41) is 9.77. The highest BCUT2D eigenvalue weighted by molar-refractivity contribution is 4.90. The molecule has 0 aromatic carbocycles. The molecule has 2 nitrogen and oxygen atoms in total. The van der Waals surface area contributed by atoms with Gasteiger partial charge in [0.15, 0.2) is 0 Å². The van der Waals surface area contributed by atoms with Crippen LogP contribution in [0.15, 0.2) is 12.2 Å². The zero-order valence-electron chi connectivity index (χ0n) is 8.03. The van der Waals surface area contributed by atoms with Gasteiger partial charge in [0.2, 0.25) is 0 Å². The highest BCUT2D eigenvalue weighted by Crippen LogP contribution is 2.16. The summed E-state index contributed by atoms with van der Waals surface area (Å²) in [6, 6.07) is 0.343. The molecule has 2 heteroatoms. The molecule has 0 bridgehead atoms. The van der Waals surface area contributed by atoms with Gasteiger partial charge in [0, 0.05) is 6.04 Å². The molecule has 1 aliphatic rings. The monoisotopic (exact) mass is 169 g/mol. The Morgan fingerprint density at radius 2 is 1.75 bits per heavy atom. The van der Waals surface area contributed by atoms with E-state index < -0.39 is 0 Å². The molecule has 0 spiro atoms. The van der Waals surface area contributed by atoms with Crippen LogP contribution >= 0.6 is 0 Å². The first kappa shape index (κ1) is 9.75. The van der Waals surface area contributed by atoms with Crippen LogP contribution in [-0.4, -0.2) is 36.2 Å². The van der Waals surface area contributed by atoms with Crippen LogP contribution in [0, 0.1) is 0 Å². The van der Waals surface area contributed by atoms with Gasteiger partial charge in [-0.2, -0.15) is 0 Å². The summed E-state index contributed by atoms with van der Waals surface area (Å²) < 4.78 is 0. The Bertz CT molecular complexity index is 154. The Kier molecular flexibility index (Phi) is 3.76. The average molecular weight is 169 g/mol. The van der Waals surface area contributed by atoms with Crippen LogP contribution in [0.5, 0.6) is 0 Å². The van der Waals surface area contributed by atoms with E-state index in [4.69, 9.17) is 0 Å². The Morgan fingerprint density at radius 1 is 1.17 bits per heavy atom. The molecule has 0 radical (unpaired) electrons. The summed E-state index contributed by atoms with van der Waals surface area (Å²) in [5.74, 6) is 0. The summed E-state index contributed by atoms with van der Waals surface area (Å²) in [4.78, 5) is 2.13. The van der Waals surface area contributed by atoms with Crippen molar-refractivity contribution in [2.75, 3.05) is 14.1 Å². The van der Waals surface area contributed by atoms with Crippen LogP contribution in [-0.2, 0) is 0 Å². The Labute approximate surface area is 74.9 Å². The van der Waals surface area contributed by atoms with Gasteiger partial charge in [-0.15, -0.1) is 0 Å². The van der Waals surface area contributed by atoms with Gasteiger partial charge in [-0.3, -0.25) is 0 Å². The second-order valence-electron chi connectivity index (χ2n) is 3.72. The number of hydrogen-bond donors (Lipinski definition) is 1. The van der Waals surface area contributed by atoms with Gasteiger partial charge < -0.3 is 10.0 Å². The molecule has 0 saturated heterocycles. The molecule has 1 rings (SSSR count). The summed E-state index contributed by atoms with van der Waals surface area (Å²) in [5.41, 5.74) is 0. The van der Waals surface area contributed by atoms with Crippen LogP contribution in [0.4, 0.5) is 0 Å². The third kappa shape index (κ3) is 2.61. The van der Waals surface area contributed by atoms with Crippen LogP contribution < -0.4 is 0 Å². The minimum atomic E-state index is -0.148. The molecule has 0 aromatic rings. The summed E-state index contributed by atoms with van der Waals surface area (Å²) in [6.07, 6.45) is 8.34. The predicted molar refractivity (Wildman–Crippen MR) is 51.1 cm³/mol. The second-order valence-corrected chi connectivity index (χ2v) is 3.72. The molecule has 0 fully saturated rings. The molecule has 70 valence electrons. The zero-order chi connectivity index (χ0) is 8.97. The number of likely N-dealkylation sites (N-methyl/N-ethyl adjacent to an activating group) is 1. The first-order valence-corrected chi connectivity index (χ1v) is 4.71. The van der Waals surface area contributed by atoms with E-state index in [1.165, 1.54) is 0 Å². The third-order valence-corrected chi connectivity index (χ3v) is 2.53. The number of allylic oxidation sites excluding steroid dienone is 2. The number of aliphatic hydroxyl groups is 1. The molecule has 1 N–H and O–H groups in total. The minimum absolute atomic E-state index is 0.148. The number of rotatable bonds is 1. The number of aliphatic hydroxyl groups excluding tert-OH is 1. The number of nitrogens with zero attached hydrogens (tertiary/aromatic N) is 1. The van der Waals surface area contributed by atoms with E-state index in [0.717, 1.165) is 25.7 Å². The van der Waals surface area contributed by atoms with E-state index in [1.807, 2.05) is 14.1 Å². The van der Waals surface area contributed by atoms with E-state index >= 15 is 0 Å². The molecule has 0 aliphatic heterocycles. The normalized spacial score (nSPS) is 34.3. The van der Waals surface area contributed by atoms with Crippen molar-refractivity contribution < 1.29 is 5.11 Å². The van der Waals surface area contributed by atoms with Gasteiger partial charge >= 0.3 is 0 Å². The summed E-state index contributed by atoms with van der Waals surface area (Å²) in [6.45, 7) is 0. The van der Waals surface area contributed by atoms with Crippen LogP contribution in [0.3, 0.4) is 0 Å². The molecule has 0 saturated carbocycles. The lowest BCUT2D eigenvalue weighted by atomic mass is 9.97. The lowest BCUT2D eigenvalue weighted by Gasteiger charge is -2.29. The van der Waals surface area contributed by atoms with Crippen LogP contribution in [0.1, 0.15) is 25.7 Å². The number of hydrogen-bond acceptors (Lipinski definition) is 2. The highest BCUT2D eigenvalue weighted by atomic mass is 16.3. The summed E-state index contributed by atoms with van der Waals surface area (Å²) >= 11 is 0. The molecule has 0 amide bonds. The van der Waals surface area contributed by atoms with Crippen molar-refractivity contribution in [1.82, 2.24) is 4.90 Å². The quantitative estimate of drug-likeness (QED) is 0.600. The van der Waals surface area contributed by atoms with Gasteiger partial charge in [-0.25, -0.2) is 0 Å². The third-order valence-electron chi connectivity index (χ3n) is 2.53. The van der Waals surface area contributed by atoms with Crippen molar-refractivity contribution >= 4 is 0 Å². The first-order valence-electron chi connectivity index (χ1n) is 4.71. The van der Waals surface area contributed by atoms with Gasteiger partial charge in [0.1, 0.15) is 0 Å². The standard InChI is InChI=1S/C10H19NO/c1-11(2)9-7-5-3-4-6-8-10(9)12/h3-4,9-10,12H,5-8H2,1-2H3/b4-3-. The molecular weight excluding hydrogens is 150 g/mol. The molecule has 1 aliphatic carbocycles. The first-order chi connectivity index (χ1) is 5.72. The fourth-order valence-electron chi connectivity index (χ4n) is 1.76. The van der Waals surface area contributed by atoms with Crippen LogP contribution in [0.2, 0.25) is 0 Å². The van der Waals surface area contributed by atoms with Crippen LogP contribution in [0.25, 0.3) is 0 Å². The second kappa shape index (κ2) is 4.63. The van der Waals surface area contributed by atoms with E-state index in [1.54, 1.807) is 0 Å².